The number of hydrogen-bond acceptors (Lipinski definition) is 1. The molecule has 1 atom stereocenters. The SMILES string of the molecule is CC1CC=C(c2ccc(SCc3ccc4c(F)c(C#CC(F)(F)F)c(F)cc4c3)cc2)CC1. The third kappa shape index (κ3) is 5.78. The molecule has 0 heterocycles. The summed E-state index contributed by atoms with van der Waals surface area (Å²) in [6.45, 7) is 2.27. The summed E-state index contributed by atoms with van der Waals surface area (Å²) in [7, 11) is 0. The second-order valence-corrected chi connectivity index (χ2v) is 9.32. The second-order valence-electron chi connectivity index (χ2n) is 8.27. The molecule has 0 N–H and O–H groups in total. The zero-order chi connectivity index (χ0) is 23.6. The fourth-order valence-electron chi connectivity index (χ4n) is 3.88. The molecule has 4 rings (SSSR count). The van der Waals surface area contributed by atoms with Gasteiger partial charge in [-0.15, -0.1) is 11.8 Å². The summed E-state index contributed by atoms with van der Waals surface area (Å²) in [5.74, 6) is 1.64. The minimum absolute atomic E-state index is 0.0380. The molecule has 6 heteroatoms. The van der Waals surface area contributed by atoms with Gasteiger partial charge in [0, 0.05) is 22.0 Å². The third-order valence-electron chi connectivity index (χ3n) is 5.73. The maximum Gasteiger partial charge on any atom is 0.458 e. The van der Waals surface area contributed by atoms with Gasteiger partial charge in [0.25, 0.3) is 0 Å². The van der Waals surface area contributed by atoms with Gasteiger partial charge in [-0.25, -0.2) is 8.78 Å². The number of rotatable bonds is 4. The Morgan fingerprint density at radius 2 is 1.79 bits per heavy atom. The van der Waals surface area contributed by atoms with Crippen molar-refractivity contribution in [2.75, 3.05) is 0 Å². The Bertz CT molecular complexity index is 1260. The van der Waals surface area contributed by atoms with Gasteiger partial charge >= 0.3 is 6.18 Å². The molecule has 0 amide bonds. The Hall–Kier alpha value is -2.78. The molecule has 1 aliphatic rings. The average molecular weight is 473 g/mol. The molecular weight excluding hydrogens is 451 g/mol. The van der Waals surface area contributed by atoms with E-state index in [0.29, 0.717) is 5.75 Å². The van der Waals surface area contributed by atoms with Crippen LogP contribution in [-0.4, -0.2) is 6.18 Å². The predicted octanol–water partition coefficient (Wildman–Crippen LogP) is 8.53. The Kier molecular flexibility index (Phi) is 6.81. The topological polar surface area (TPSA) is 0 Å². The number of alkyl halides is 3. The first-order chi connectivity index (χ1) is 15.7. The zero-order valence-corrected chi connectivity index (χ0v) is 18.7. The number of fused-ring (bicyclic) bond motifs is 1. The van der Waals surface area contributed by atoms with Crippen LogP contribution in [0.3, 0.4) is 0 Å². The molecule has 0 aromatic heterocycles. The van der Waals surface area contributed by atoms with E-state index in [1.54, 1.807) is 29.8 Å². The van der Waals surface area contributed by atoms with Gasteiger partial charge in [-0.3, -0.25) is 0 Å². The van der Waals surface area contributed by atoms with Gasteiger partial charge < -0.3 is 0 Å². The highest BCUT2D eigenvalue weighted by Crippen LogP contribution is 2.32. The molecule has 1 aliphatic carbocycles. The number of thioether (sulfide) groups is 1. The summed E-state index contributed by atoms with van der Waals surface area (Å²) in [5, 5.41) is 0.325. The Morgan fingerprint density at radius 1 is 1.03 bits per heavy atom. The number of allylic oxidation sites excluding steroid dienone is 2. The summed E-state index contributed by atoms with van der Waals surface area (Å²) >= 11 is 1.61. The van der Waals surface area contributed by atoms with Crippen LogP contribution in [0, 0.1) is 29.4 Å². The highest BCUT2D eigenvalue weighted by Gasteiger charge is 2.24. The van der Waals surface area contributed by atoms with E-state index in [4.69, 9.17) is 0 Å². The molecule has 170 valence electrons. The highest BCUT2D eigenvalue weighted by molar-refractivity contribution is 7.98. The fraction of sp³-hybridized carbons (Fsp3) is 0.259. The lowest BCUT2D eigenvalue weighted by molar-refractivity contribution is -0.0696. The van der Waals surface area contributed by atoms with Crippen LogP contribution in [0.4, 0.5) is 22.0 Å². The number of hydrogen-bond donors (Lipinski definition) is 0. The molecule has 33 heavy (non-hydrogen) atoms. The summed E-state index contributed by atoms with van der Waals surface area (Å²) < 4.78 is 65.7. The molecule has 0 saturated carbocycles. The Morgan fingerprint density at radius 3 is 2.45 bits per heavy atom. The van der Waals surface area contributed by atoms with Crippen LogP contribution < -0.4 is 0 Å². The van der Waals surface area contributed by atoms with Gasteiger partial charge in [-0.05, 0) is 65.5 Å². The minimum Gasteiger partial charge on any atom is -0.205 e. The summed E-state index contributed by atoms with van der Waals surface area (Å²) in [6.07, 6.45) is 0.928. The fourth-order valence-corrected chi connectivity index (χ4v) is 4.72. The van der Waals surface area contributed by atoms with Gasteiger partial charge in [0.15, 0.2) is 0 Å². The second kappa shape index (κ2) is 9.61. The maximum absolute atomic E-state index is 14.6. The van der Waals surface area contributed by atoms with Gasteiger partial charge in [0.2, 0.25) is 0 Å². The molecule has 0 spiro atoms. The molecule has 1 unspecified atom stereocenters. The molecule has 3 aromatic rings. The van der Waals surface area contributed by atoms with Gasteiger partial charge in [0.1, 0.15) is 11.6 Å². The summed E-state index contributed by atoms with van der Waals surface area (Å²) in [4.78, 5) is 1.08. The normalized spacial score (nSPS) is 16.3. The van der Waals surface area contributed by atoms with Crippen molar-refractivity contribution >= 4 is 28.1 Å². The maximum atomic E-state index is 14.6. The van der Waals surface area contributed by atoms with Crippen molar-refractivity contribution in [1.29, 1.82) is 0 Å². The van der Waals surface area contributed by atoms with E-state index in [1.807, 2.05) is 0 Å². The van der Waals surface area contributed by atoms with E-state index < -0.39 is 23.4 Å². The van der Waals surface area contributed by atoms with Crippen LogP contribution in [-0.2, 0) is 5.75 Å². The van der Waals surface area contributed by atoms with Crippen LogP contribution in [0.15, 0.2) is 59.5 Å². The standard InChI is InChI=1S/C27H21F5S/c1-17-2-5-19(6-3-17)20-7-9-22(10-8-20)33-16-18-4-11-23-21(14-18)15-25(28)24(26(23)29)12-13-27(30,31)32/h4-5,7-11,14-15,17H,2-3,6,16H2,1H3. The molecule has 0 saturated heterocycles. The molecule has 0 nitrogen and oxygen atoms in total. The van der Waals surface area contributed by atoms with Crippen molar-refractivity contribution in [3.05, 3.63) is 82.9 Å². The molecule has 0 aliphatic heterocycles. The Labute approximate surface area is 193 Å². The Balaban J connectivity index is 1.49. The highest BCUT2D eigenvalue weighted by atomic mass is 32.2. The van der Waals surface area contributed by atoms with Crippen LogP contribution >= 0.6 is 11.8 Å². The van der Waals surface area contributed by atoms with E-state index in [9.17, 15) is 22.0 Å². The van der Waals surface area contributed by atoms with Gasteiger partial charge in [-0.1, -0.05) is 49.3 Å². The van der Waals surface area contributed by atoms with Crippen molar-refractivity contribution in [1.82, 2.24) is 0 Å². The van der Waals surface area contributed by atoms with E-state index in [-0.39, 0.29) is 10.8 Å². The van der Waals surface area contributed by atoms with Crippen LogP contribution in [0.5, 0.6) is 0 Å². The lowest BCUT2D eigenvalue weighted by Crippen LogP contribution is -2.02. The molecule has 0 bridgehead atoms. The van der Waals surface area contributed by atoms with Crippen LogP contribution in [0.2, 0.25) is 0 Å². The first kappa shape index (κ1) is 23.4. The van der Waals surface area contributed by atoms with Crippen molar-refractivity contribution in [2.45, 2.75) is 43.0 Å². The quantitative estimate of drug-likeness (QED) is 0.208. The first-order valence-electron chi connectivity index (χ1n) is 10.6. The molecular formula is C27H21F5S. The average Bonchev–Trinajstić information content (AvgIpc) is 2.77. The van der Waals surface area contributed by atoms with Crippen LogP contribution in [0.25, 0.3) is 16.3 Å². The number of benzene rings is 3. The monoisotopic (exact) mass is 472 g/mol. The van der Waals surface area contributed by atoms with Crippen molar-refractivity contribution in [2.24, 2.45) is 5.92 Å². The smallest absolute Gasteiger partial charge is 0.205 e. The van der Waals surface area contributed by atoms with Gasteiger partial charge in [-0.2, -0.15) is 13.2 Å². The van der Waals surface area contributed by atoms with E-state index in [1.165, 1.54) is 23.6 Å². The zero-order valence-electron chi connectivity index (χ0n) is 17.9. The lowest BCUT2D eigenvalue weighted by Gasteiger charge is -2.18. The van der Waals surface area contributed by atoms with Crippen LogP contribution in [0.1, 0.15) is 42.9 Å². The van der Waals surface area contributed by atoms with E-state index >= 15 is 0 Å². The van der Waals surface area contributed by atoms with Crippen molar-refractivity contribution in [3.63, 3.8) is 0 Å². The minimum atomic E-state index is -4.82. The van der Waals surface area contributed by atoms with E-state index in [2.05, 4.69) is 37.3 Å². The molecule has 0 fully saturated rings. The first-order valence-corrected chi connectivity index (χ1v) is 11.6. The summed E-state index contributed by atoms with van der Waals surface area (Å²) in [5.41, 5.74) is 2.62. The van der Waals surface area contributed by atoms with Crippen molar-refractivity contribution < 1.29 is 22.0 Å². The van der Waals surface area contributed by atoms with Crippen molar-refractivity contribution in [3.8, 4) is 11.8 Å². The predicted molar refractivity (Wildman–Crippen MR) is 124 cm³/mol. The number of halogens is 5. The third-order valence-corrected chi connectivity index (χ3v) is 6.81. The lowest BCUT2D eigenvalue weighted by atomic mass is 9.88. The largest absolute Gasteiger partial charge is 0.458 e. The molecule has 3 aromatic carbocycles. The molecule has 0 radical (unpaired) electrons. The van der Waals surface area contributed by atoms with E-state index in [0.717, 1.165) is 41.2 Å². The van der Waals surface area contributed by atoms with Gasteiger partial charge in [0.05, 0.1) is 5.56 Å². The summed E-state index contributed by atoms with van der Waals surface area (Å²) in [6, 6.07) is 14.2.